The molecule has 0 atom stereocenters. The van der Waals surface area contributed by atoms with Gasteiger partial charge in [-0.1, -0.05) is 53.8 Å². The predicted molar refractivity (Wildman–Crippen MR) is 98.9 cm³/mol. The van der Waals surface area contributed by atoms with Gasteiger partial charge in [-0.05, 0) is 16.3 Å². The number of aromatic nitrogens is 1. The van der Waals surface area contributed by atoms with E-state index in [1.54, 1.807) is 0 Å². The number of carboxylic acid groups (broad SMARTS) is 1. The molecule has 0 radical (unpaired) electrons. The second-order valence-electron chi connectivity index (χ2n) is 6.04. The van der Waals surface area contributed by atoms with Crippen molar-refractivity contribution in [1.29, 1.82) is 0 Å². The number of benzene rings is 2. The van der Waals surface area contributed by atoms with Gasteiger partial charge in [0.2, 0.25) is 0 Å². The molecule has 128 valence electrons. The molecule has 2 heterocycles. The van der Waals surface area contributed by atoms with Crippen molar-refractivity contribution in [3.63, 3.8) is 0 Å². The van der Waals surface area contributed by atoms with E-state index < -0.39 is 5.97 Å². The number of hydrogen-bond donors (Lipinski definition) is 1. The monoisotopic (exact) mass is 354 g/mol. The van der Waals surface area contributed by atoms with Crippen LogP contribution in [0.3, 0.4) is 0 Å². The van der Waals surface area contributed by atoms with Crippen molar-refractivity contribution in [2.24, 2.45) is 0 Å². The molecule has 2 aromatic carbocycles. The summed E-state index contributed by atoms with van der Waals surface area (Å²) in [6, 6.07) is 14.4. The Hall–Kier alpha value is -2.44. The normalized spacial score (nSPS) is 14.8. The highest BCUT2D eigenvalue weighted by molar-refractivity contribution is 7.17. The maximum Gasteiger partial charge on any atom is 0.347 e. The molecule has 4 rings (SSSR count). The van der Waals surface area contributed by atoms with Crippen LogP contribution in [0.4, 0.5) is 5.13 Å². The highest BCUT2D eigenvalue weighted by Gasteiger charge is 2.22. The van der Waals surface area contributed by atoms with Crippen LogP contribution in [0.1, 0.15) is 20.9 Å². The van der Waals surface area contributed by atoms with Crippen molar-refractivity contribution >= 4 is 33.2 Å². The Labute approximate surface area is 149 Å². The second kappa shape index (κ2) is 6.82. The molecule has 1 fully saturated rings. The Morgan fingerprint density at radius 1 is 1.16 bits per heavy atom. The summed E-state index contributed by atoms with van der Waals surface area (Å²) in [5.74, 6) is -0.909. The van der Waals surface area contributed by atoms with Gasteiger partial charge in [0.25, 0.3) is 0 Å². The summed E-state index contributed by atoms with van der Waals surface area (Å²) in [5.41, 5.74) is 1.70. The first-order valence-electron chi connectivity index (χ1n) is 8.24. The van der Waals surface area contributed by atoms with Crippen molar-refractivity contribution in [3.8, 4) is 0 Å². The van der Waals surface area contributed by atoms with Gasteiger partial charge in [0.05, 0.1) is 18.9 Å². The largest absolute Gasteiger partial charge is 0.477 e. The Morgan fingerprint density at radius 2 is 1.92 bits per heavy atom. The zero-order valence-electron chi connectivity index (χ0n) is 13.6. The molecule has 1 aliphatic heterocycles. The smallest absolute Gasteiger partial charge is 0.347 e. The van der Waals surface area contributed by atoms with Crippen LogP contribution in [0.15, 0.2) is 42.5 Å². The summed E-state index contributed by atoms with van der Waals surface area (Å²) < 4.78 is 5.36. The number of rotatable bonds is 4. The fraction of sp³-hybridized carbons (Fsp3) is 0.263. The molecule has 25 heavy (non-hydrogen) atoms. The minimum absolute atomic E-state index is 0.328. The Morgan fingerprint density at radius 3 is 2.68 bits per heavy atom. The molecule has 0 saturated carbocycles. The highest BCUT2D eigenvalue weighted by Crippen LogP contribution is 2.29. The molecule has 1 N–H and O–H groups in total. The third-order valence-corrected chi connectivity index (χ3v) is 5.49. The molecule has 1 aliphatic rings. The number of nitrogens with zero attached hydrogens (tertiary/aromatic N) is 2. The van der Waals surface area contributed by atoms with Crippen molar-refractivity contribution in [1.82, 2.24) is 4.98 Å². The van der Waals surface area contributed by atoms with Crippen molar-refractivity contribution in [2.75, 3.05) is 31.2 Å². The molecule has 6 heteroatoms. The van der Waals surface area contributed by atoms with Gasteiger partial charge in [0.1, 0.15) is 4.88 Å². The lowest BCUT2D eigenvalue weighted by Crippen LogP contribution is -2.36. The highest BCUT2D eigenvalue weighted by atomic mass is 32.1. The van der Waals surface area contributed by atoms with Crippen LogP contribution in [-0.4, -0.2) is 42.4 Å². The molecular formula is C19H18N2O3S. The predicted octanol–water partition coefficient (Wildman–Crippen LogP) is 3.42. The molecule has 0 aliphatic carbocycles. The number of anilines is 1. The van der Waals surface area contributed by atoms with Crippen LogP contribution in [0.5, 0.6) is 0 Å². The third-order valence-electron chi connectivity index (χ3n) is 4.35. The fourth-order valence-electron chi connectivity index (χ4n) is 3.06. The zero-order valence-corrected chi connectivity index (χ0v) is 14.5. The first-order chi connectivity index (χ1) is 12.2. The van der Waals surface area contributed by atoms with E-state index in [9.17, 15) is 9.90 Å². The van der Waals surface area contributed by atoms with Crippen LogP contribution < -0.4 is 4.90 Å². The molecule has 0 unspecified atom stereocenters. The number of morpholine rings is 1. The van der Waals surface area contributed by atoms with E-state index in [0.29, 0.717) is 30.2 Å². The minimum Gasteiger partial charge on any atom is -0.477 e. The van der Waals surface area contributed by atoms with Crippen LogP contribution in [0, 0.1) is 0 Å². The van der Waals surface area contributed by atoms with E-state index >= 15 is 0 Å². The summed E-state index contributed by atoms with van der Waals surface area (Å²) in [4.78, 5) is 18.7. The summed E-state index contributed by atoms with van der Waals surface area (Å²) in [7, 11) is 0. The summed E-state index contributed by atoms with van der Waals surface area (Å²) in [6.07, 6.45) is 0.521. The molecule has 0 amide bonds. The average Bonchev–Trinajstić information content (AvgIpc) is 3.06. The average molecular weight is 354 g/mol. The lowest BCUT2D eigenvalue weighted by molar-refractivity contribution is 0.0701. The summed E-state index contributed by atoms with van der Waals surface area (Å²) >= 11 is 1.26. The molecule has 3 aromatic rings. The maximum absolute atomic E-state index is 11.6. The fourth-order valence-corrected chi connectivity index (χ4v) is 4.03. The van der Waals surface area contributed by atoms with E-state index in [4.69, 9.17) is 4.74 Å². The van der Waals surface area contributed by atoms with E-state index in [0.717, 1.165) is 29.2 Å². The number of carbonyl (C=O) groups is 1. The van der Waals surface area contributed by atoms with Crippen LogP contribution in [-0.2, 0) is 11.2 Å². The van der Waals surface area contributed by atoms with E-state index in [2.05, 4.69) is 34.1 Å². The Kier molecular flexibility index (Phi) is 4.38. The molecule has 1 aromatic heterocycles. The molecule has 0 spiro atoms. The number of ether oxygens (including phenoxy) is 1. The van der Waals surface area contributed by atoms with Gasteiger partial charge >= 0.3 is 5.97 Å². The van der Waals surface area contributed by atoms with Crippen molar-refractivity contribution < 1.29 is 14.6 Å². The van der Waals surface area contributed by atoms with Crippen LogP contribution in [0.2, 0.25) is 0 Å². The van der Waals surface area contributed by atoms with E-state index in [1.165, 1.54) is 16.7 Å². The maximum atomic E-state index is 11.6. The van der Waals surface area contributed by atoms with Gasteiger partial charge in [0, 0.05) is 19.5 Å². The van der Waals surface area contributed by atoms with Gasteiger partial charge in [-0.15, -0.1) is 0 Å². The molecule has 0 bridgehead atoms. The van der Waals surface area contributed by atoms with Gasteiger partial charge in [-0.2, -0.15) is 0 Å². The topological polar surface area (TPSA) is 62.7 Å². The first kappa shape index (κ1) is 16.1. The quantitative estimate of drug-likeness (QED) is 0.778. The van der Waals surface area contributed by atoms with Crippen LogP contribution in [0.25, 0.3) is 10.8 Å². The Bertz CT molecular complexity index is 916. The Balaban J connectivity index is 1.65. The lowest BCUT2D eigenvalue weighted by atomic mass is 10.0. The van der Waals surface area contributed by atoms with Gasteiger partial charge < -0.3 is 14.7 Å². The molecule has 1 saturated heterocycles. The van der Waals surface area contributed by atoms with Crippen molar-refractivity contribution in [2.45, 2.75) is 6.42 Å². The number of thiazole rings is 1. The third kappa shape index (κ3) is 3.36. The second-order valence-corrected chi connectivity index (χ2v) is 7.01. The minimum atomic E-state index is -0.909. The SMILES string of the molecule is O=C(O)c1sc(N2CCOCC2)nc1Cc1ccc2ccccc2c1. The standard InChI is InChI=1S/C19H18N2O3S/c22-18(23)17-16(20-19(25-17)21-7-9-24-10-8-21)12-13-5-6-14-3-1-2-4-15(14)11-13/h1-6,11H,7-10,12H2,(H,22,23). The summed E-state index contributed by atoms with van der Waals surface area (Å²) in [6.45, 7) is 2.81. The number of hydrogen-bond acceptors (Lipinski definition) is 5. The van der Waals surface area contributed by atoms with Gasteiger partial charge in [-0.25, -0.2) is 9.78 Å². The van der Waals surface area contributed by atoms with Gasteiger partial charge in [-0.3, -0.25) is 0 Å². The van der Waals surface area contributed by atoms with E-state index in [-0.39, 0.29) is 0 Å². The van der Waals surface area contributed by atoms with E-state index in [1.807, 2.05) is 18.2 Å². The van der Waals surface area contributed by atoms with Crippen molar-refractivity contribution in [3.05, 3.63) is 58.6 Å². The number of fused-ring (bicyclic) bond motifs is 1. The number of aromatic carboxylic acids is 1. The van der Waals surface area contributed by atoms with Crippen LogP contribution >= 0.6 is 11.3 Å². The molecular weight excluding hydrogens is 336 g/mol. The lowest BCUT2D eigenvalue weighted by Gasteiger charge is -2.26. The summed E-state index contributed by atoms with van der Waals surface area (Å²) in [5, 5.41) is 12.7. The number of carboxylic acids is 1. The zero-order chi connectivity index (χ0) is 17.2. The first-order valence-corrected chi connectivity index (χ1v) is 9.06. The molecule has 5 nitrogen and oxygen atoms in total. The van der Waals surface area contributed by atoms with Gasteiger partial charge in [0.15, 0.2) is 5.13 Å².